The van der Waals surface area contributed by atoms with Gasteiger partial charge in [0.25, 0.3) is 0 Å². The van der Waals surface area contributed by atoms with Crippen LogP contribution in [0.15, 0.2) is 112 Å². The maximum absolute atomic E-state index is 5.25. The van der Waals surface area contributed by atoms with Crippen LogP contribution in [0.4, 0.5) is 0 Å². The molecule has 0 saturated heterocycles. The standard InChI is InChI=1S/C36H44N4/c1-9-21-22(10-2)30-18-32-25(13-5)26(14-6)34(39-32)20-36-28(16-8)27(15-7)35(40-36)19-33-24(12-4)23(11-3)31(38-33)17-29(21)37-30/h17-20H,9-16H2,1-8H3. The smallest absolute Gasteiger partial charge is 0.0694 e. The molecular formula is C36H44N4. The zero-order chi connectivity index (χ0) is 28.6. The van der Waals surface area contributed by atoms with Crippen molar-refractivity contribution in [3.63, 3.8) is 0 Å². The van der Waals surface area contributed by atoms with Crippen molar-refractivity contribution in [2.75, 3.05) is 0 Å². The van der Waals surface area contributed by atoms with Crippen LogP contribution >= 0.6 is 0 Å². The molecule has 0 aromatic carbocycles. The van der Waals surface area contributed by atoms with E-state index in [0.29, 0.717) is 0 Å². The van der Waals surface area contributed by atoms with Gasteiger partial charge in [-0.15, -0.1) is 0 Å². The van der Waals surface area contributed by atoms with Gasteiger partial charge >= 0.3 is 0 Å². The Bertz CT molecular complexity index is 1280. The Morgan fingerprint density at radius 1 is 0.300 bits per heavy atom. The third-order valence-electron chi connectivity index (χ3n) is 8.82. The molecule has 4 nitrogen and oxygen atoms in total. The van der Waals surface area contributed by atoms with Crippen LogP contribution in [0.3, 0.4) is 0 Å². The highest BCUT2D eigenvalue weighted by molar-refractivity contribution is 6.20. The quantitative estimate of drug-likeness (QED) is 0.299. The summed E-state index contributed by atoms with van der Waals surface area (Å²) in [4.78, 5) is 21.0. The first-order chi connectivity index (χ1) is 19.5. The predicted octanol–water partition coefficient (Wildman–Crippen LogP) is 9.82. The van der Waals surface area contributed by atoms with Crippen LogP contribution in [-0.4, -0.2) is 22.8 Å². The van der Waals surface area contributed by atoms with Gasteiger partial charge in [-0.25, -0.2) is 20.0 Å². The number of aliphatic imine (C=N–C) groups is 4. The van der Waals surface area contributed by atoms with Gasteiger partial charge in [-0.1, -0.05) is 55.4 Å². The van der Waals surface area contributed by atoms with Crippen molar-refractivity contribution >= 4 is 22.8 Å². The Labute approximate surface area is 241 Å². The Hall–Kier alpha value is -3.40. The molecule has 5 rings (SSSR count). The molecule has 0 radical (unpaired) electrons. The molecule has 0 fully saturated rings. The minimum atomic E-state index is 0.950. The van der Waals surface area contributed by atoms with Gasteiger partial charge in [0.15, 0.2) is 0 Å². The van der Waals surface area contributed by atoms with Gasteiger partial charge in [0.2, 0.25) is 0 Å². The molecule has 4 heteroatoms. The number of rotatable bonds is 8. The molecule has 5 aliphatic heterocycles. The maximum atomic E-state index is 5.25. The fraction of sp³-hybridized carbons (Fsp3) is 0.444. The Morgan fingerprint density at radius 3 is 0.625 bits per heavy atom. The van der Waals surface area contributed by atoms with Gasteiger partial charge in [-0.2, -0.15) is 0 Å². The van der Waals surface area contributed by atoms with E-state index in [-0.39, 0.29) is 0 Å². The second kappa shape index (κ2) is 11.6. The van der Waals surface area contributed by atoms with Crippen LogP contribution in [0.2, 0.25) is 0 Å². The molecule has 0 spiro atoms. The summed E-state index contributed by atoms with van der Waals surface area (Å²) in [5, 5.41) is 0. The van der Waals surface area contributed by atoms with Crippen LogP contribution in [0.5, 0.6) is 0 Å². The second-order valence-electron chi connectivity index (χ2n) is 10.8. The molecule has 5 heterocycles. The molecule has 40 heavy (non-hydrogen) atoms. The van der Waals surface area contributed by atoms with E-state index in [0.717, 1.165) is 97.0 Å². The largest absolute Gasteiger partial charge is 0.248 e. The number of fused-ring (bicyclic) bond motifs is 4. The van der Waals surface area contributed by atoms with Crippen molar-refractivity contribution in [2.45, 2.75) is 107 Å². The molecule has 0 N–H and O–H groups in total. The summed E-state index contributed by atoms with van der Waals surface area (Å²) >= 11 is 0. The first-order valence-electron chi connectivity index (χ1n) is 15.6. The predicted molar refractivity (Wildman–Crippen MR) is 173 cm³/mol. The topological polar surface area (TPSA) is 49.4 Å². The van der Waals surface area contributed by atoms with Crippen molar-refractivity contribution in [3.05, 3.63) is 91.7 Å². The van der Waals surface area contributed by atoms with E-state index < -0.39 is 0 Å². The third kappa shape index (κ3) is 4.56. The average Bonchev–Trinajstić information content (AvgIpc) is 3.67. The average molecular weight is 533 g/mol. The summed E-state index contributed by atoms with van der Waals surface area (Å²) in [5.74, 6) is 0. The minimum Gasteiger partial charge on any atom is -0.248 e. The first-order valence-corrected chi connectivity index (χ1v) is 15.6. The lowest BCUT2D eigenvalue weighted by molar-refractivity contribution is 1.05. The molecule has 8 bridgehead atoms. The molecule has 0 unspecified atom stereocenters. The van der Waals surface area contributed by atoms with E-state index in [4.69, 9.17) is 20.0 Å². The zero-order valence-electron chi connectivity index (χ0n) is 25.8. The van der Waals surface area contributed by atoms with Crippen molar-refractivity contribution in [2.24, 2.45) is 20.0 Å². The first kappa shape index (κ1) is 28.1. The molecule has 0 aliphatic carbocycles. The zero-order valence-corrected chi connectivity index (χ0v) is 25.8. The summed E-state index contributed by atoms with van der Waals surface area (Å²) in [5.41, 5.74) is 19.1. The number of nitrogens with zero attached hydrogens (tertiary/aromatic N) is 4. The van der Waals surface area contributed by atoms with E-state index in [1.807, 2.05) is 0 Å². The lowest BCUT2D eigenvalue weighted by atomic mass is 9.94. The van der Waals surface area contributed by atoms with Crippen LogP contribution in [0.25, 0.3) is 0 Å². The summed E-state index contributed by atoms with van der Waals surface area (Å²) < 4.78 is 0. The van der Waals surface area contributed by atoms with Crippen LogP contribution < -0.4 is 0 Å². The molecule has 0 amide bonds. The second-order valence-corrected chi connectivity index (χ2v) is 10.8. The maximum Gasteiger partial charge on any atom is 0.0694 e. The fourth-order valence-corrected chi connectivity index (χ4v) is 6.92. The van der Waals surface area contributed by atoms with Crippen molar-refractivity contribution in [3.8, 4) is 0 Å². The van der Waals surface area contributed by atoms with Gasteiger partial charge in [-0.3, -0.25) is 0 Å². The summed E-state index contributed by atoms with van der Waals surface area (Å²) in [6.45, 7) is 17.9. The number of hydrogen-bond acceptors (Lipinski definition) is 4. The van der Waals surface area contributed by atoms with Gasteiger partial charge in [-0.05, 0) is 120 Å². The molecule has 0 saturated carbocycles. The molecular weight excluding hydrogens is 488 g/mol. The summed E-state index contributed by atoms with van der Waals surface area (Å²) in [6.07, 6.45) is 16.6. The third-order valence-corrected chi connectivity index (χ3v) is 8.82. The van der Waals surface area contributed by atoms with Crippen LogP contribution in [0, 0.1) is 0 Å². The van der Waals surface area contributed by atoms with Crippen LogP contribution in [0.1, 0.15) is 107 Å². The highest BCUT2D eigenvalue weighted by Gasteiger charge is 2.29. The molecule has 5 aliphatic rings. The van der Waals surface area contributed by atoms with E-state index in [9.17, 15) is 0 Å². The SMILES string of the molecule is CCC1=C(CC)C2=NC1=CC1=NC(=CC3=NC(=CC4=NC(=C2)C(CC)=C4CC)C(CC)=C3CC)C(CC)=C1CC. The van der Waals surface area contributed by atoms with Gasteiger partial charge in [0.1, 0.15) is 0 Å². The molecule has 0 aromatic rings. The molecule has 0 atom stereocenters. The molecule has 208 valence electrons. The van der Waals surface area contributed by atoms with Crippen molar-refractivity contribution in [1.29, 1.82) is 0 Å². The van der Waals surface area contributed by atoms with Gasteiger partial charge in [0, 0.05) is 0 Å². The van der Waals surface area contributed by atoms with Crippen molar-refractivity contribution in [1.82, 2.24) is 0 Å². The fourth-order valence-electron chi connectivity index (χ4n) is 6.92. The highest BCUT2D eigenvalue weighted by Crippen LogP contribution is 2.39. The van der Waals surface area contributed by atoms with E-state index >= 15 is 0 Å². The van der Waals surface area contributed by atoms with Gasteiger partial charge in [0.05, 0.1) is 45.6 Å². The van der Waals surface area contributed by atoms with E-state index in [1.165, 1.54) is 44.6 Å². The molecule has 0 aromatic heterocycles. The van der Waals surface area contributed by atoms with Crippen LogP contribution in [-0.2, 0) is 0 Å². The Balaban J connectivity index is 1.85. The Kier molecular flexibility index (Phi) is 8.16. The summed E-state index contributed by atoms with van der Waals surface area (Å²) in [6, 6.07) is 0. The van der Waals surface area contributed by atoms with E-state index in [2.05, 4.69) is 79.7 Å². The summed E-state index contributed by atoms with van der Waals surface area (Å²) in [7, 11) is 0. The normalized spacial score (nSPS) is 20.6. The van der Waals surface area contributed by atoms with Gasteiger partial charge < -0.3 is 0 Å². The minimum absolute atomic E-state index is 0.950. The lowest BCUT2D eigenvalue weighted by Crippen LogP contribution is -2.00. The highest BCUT2D eigenvalue weighted by atomic mass is 14.9. The number of hydrogen-bond donors (Lipinski definition) is 0. The lowest BCUT2D eigenvalue weighted by Gasteiger charge is -2.07. The van der Waals surface area contributed by atoms with E-state index in [1.54, 1.807) is 0 Å². The monoisotopic (exact) mass is 532 g/mol. The van der Waals surface area contributed by atoms with Crippen molar-refractivity contribution < 1.29 is 0 Å². The Morgan fingerprint density at radius 2 is 0.475 bits per heavy atom. The number of allylic oxidation sites excluding steroid dienone is 12.